The van der Waals surface area contributed by atoms with Crippen LogP contribution in [0.15, 0.2) is 35.5 Å². The maximum absolute atomic E-state index is 12.8. The van der Waals surface area contributed by atoms with Gasteiger partial charge in [-0.05, 0) is 19.1 Å². The van der Waals surface area contributed by atoms with Crippen LogP contribution in [0.4, 0.5) is 13.2 Å². The maximum Gasteiger partial charge on any atom is 0.451 e. The van der Waals surface area contributed by atoms with Crippen LogP contribution in [-0.2, 0) is 19.0 Å². The van der Waals surface area contributed by atoms with Gasteiger partial charge < -0.3 is 4.57 Å². The van der Waals surface area contributed by atoms with Crippen molar-refractivity contribution in [1.82, 2.24) is 24.5 Å². The van der Waals surface area contributed by atoms with Gasteiger partial charge in [-0.1, -0.05) is 30.0 Å². The zero-order valence-electron chi connectivity index (χ0n) is 13.8. The van der Waals surface area contributed by atoms with E-state index in [4.69, 9.17) is 0 Å². The van der Waals surface area contributed by atoms with Gasteiger partial charge in [-0.3, -0.25) is 0 Å². The third kappa shape index (κ3) is 3.30. The largest absolute Gasteiger partial charge is 0.451 e. The molecule has 0 bridgehead atoms. The van der Waals surface area contributed by atoms with E-state index in [9.17, 15) is 18.4 Å². The van der Waals surface area contributed by atoms with Crippen LogP contribution in [0.1, 0.15) is 22.8 Å². The summed E-state index contributed by atoms with van der Waals surface area (Å²) in [5, 5.41) is 20.7. The minimum atomic E-state index is -4.57. The lowest BCUT2D eigenvalue weighted by Gasteiger charge is -2.08. The average molecular weight is 378 g/mol. The second kappa shape index (κ2) is 6.84. The van der Waals surface area contributed by atoms with Crippen molar-refractivity contribution in [2.45, 2.75) is 24.0 Å². The SMILES string of the molecule is Cc1nn(-c2ccccc2)c(CSc2nnc(C(F)(F)F)n2C)c1C#N. The quantitative estimate of drug-likeness (QED) is 0.650. The third-order valence-corrected chi connectivity index (χ3v) is 4.73. The number of aromatic nitrogens is 5. The van der Waals surface area contributed by atoms with Crippen molar-refractivity contribution in [2.75, 3.05) is 0 Å². The van der Waals surface area contributed by atoms with Crippen LogP contribution in [0.25, 0.3) is 5.69 Å². The van der Waals surface area contributed by atoms with E-state index in [2.05, 4.69) is 21.4 Å². The van der Waals surface area contributed by atoms with E-state index < -0.39 is 12.0 Å². The van der Waals surface area contributed by atoms with Crippen molar-refractivity contribution in [2.24, 2.45) is 7.05 Å². The molecule has 0 saturated heterocycles. The van der Waals surface area contributed by atoms with E-state index in [0.29, 0.717) is 17.0 Å². The number of hydrogen-bond acceptors (Lipinski definition) is 5. The van der Waals surface area contributed by atoms with E-state index in [1.165, 1.54) is 7.05 Å². The third-order valence-electron chi connectivity index (χ3n) is 3.70. The summed E-state index contributed by atoms with van der Waals surface area (Å²) in [6.07, 6.45) is -4.57. The van der Waals surface area contributed by atoms with Gasteiger partial charge in [0.25, 0.3) is 0 Å². The molecule has 2 aromatic heterocycles. The summed E-state index contributed by atoms with van der Waals surface area (Å²) < 4.78 is 41.1. The van der Waals surface area contributed by atoms with E-state index in [0.717, 1.165) is 22.0 Å². The topological polar surface area (TPSA) is 72.3 Å². The molecule has 0 radical (unpaired) electrons. The number of alkyl halides is 3. The number of halogens is 3. The first-order chi connectivity index (χ1) is 12.3. The summed E-state index contributed by atoms with van der Waals surface area (Å²) in [4.78, 5) is 0. The summed E-state index contributed by atoms with van der Waals surface area (Å²) in [5.74, 6) is -0.837. The Morgan fingerprint density at radius 2 is 1.88 bits per heavy atom. The molecule has 134 valence electrons. The predicted molar refractivity (Wildman–Crippen MR) is 88.6 cm³/mol. The van der Waals surface area contributed by atoms with Gasteiger partial charge in [0.2, 0.25) is 5.82 Å². The molecule has 10 heteroatoms. The summed E-state index contributed by atoms with van der Waals surface area (Å²) in [6, 6.07) is 11.3. The van der Waals surface area contributed by atoms with Crippen molar-refractivity contribution < 1.29 is 13.2 Å². The average Bonchev–Trinajstić information content (AvgIpc) is 3.13. The van der Waals surface area contributed by atoms with Gasteiger partial charge in [-0.25, -0.2) is 4.68 Å². The Kier molecular flexibility index (Phi) is 4.73. The van der Waals surface area contributed by atoms with Crippen LogP contribution in [0.5, 0.6) is 0 Å². The molecule has 3 rings (SSSR count). The fourth-order valence-electron chi connectivity index (χ4n) is 2.46. The summed E-state index contributed by atoms with van der Waals surface area (Å²) in [6.45, 7) is 1.72. The van der Waals surface area contributed by atoms with Gasteiger partial charge in [-0.15, -0.1) is 10.2 Å². The van der Waals surface area contributed by atoms with E-state index >= 15 is 0 Å². The molecule has 0 atom stereocenters. The van der Waals surface area contributed by atoms with Crippen LogP contribution in [-0.4, -0.2) is 24.5 Å². The van der Waals surface area contributed by atoms with Gasteiger partial charge in [0.1, 0.15) is 6.07 Å². The zero-order valence-corrected chi connectivity index (χ0v) is 14.6. The number of rotatable bonds is 4. The summed E-state index contributed by atoms with van der Waals surface area (Å²) >= 11 is 1.07. The van der Waals surface area contributed by atoms with Crippen LogP contribution < -0.4 is 0 Å². The Labute approximate surface area is 151 Å². The molecule has 0 saturated carbocycles. The molecule has 1 aromatic carbocycles. The normalized spacial score (nSPS) is 11.5. The molecule has 0 aliphatic carbocycles. The van der Waals surface area contributed by atoms with Crippen molar-refractivity contribution in [3.63, 3.8) is 0 Å². The Balaban J connectivity index is 1.94. The van der Waals surface area contributed by atoms with Crippen LogP contribution in [0.2, 0.25) is 0 Å². The first kappa shape index (κ1) is 18.0. The first-order valence-electron chi connectivity index (χ1n) is 7.46. The monoisotopic (exact) mass is 378 g/mol. The summed E-state index contributed by atoms with van der Waals surface area (Å²) in [7, 11) is 1.26. The Bertz CT molecular complexity index is 969. The lowest BCUT2D eigenvalue weighted by atomic mass is 10.2. The summed E-state index contributed by atoms with van der Waals surface area (Å²) in [5.41, 5.74) is 2.32. The van der Waals surface area contributed by atoms with Gasteiger partial charge >= 0.3 is 6.18 Å². The van der Waals surface area contributed by atoms with Crippen LogP contribution >= 0.6 is 11.8 Å². The lowest BCUT2D eigenvalue weighted by Crippen LogP contribution is -2.13. The molecule has 0 spiro atoms. The first-order valence-corrected chi connectivity index (χ1v) is 8.45. The highest BCUT2D eigenvalue weighted by molar-refractivity contribution is 7.98. The molecule has 0 unspecified atom stereocenters. The minimum Gasteiger partial charge on any atom is -0.302 e. The van der Waals surface area contributed by atoms with Crippen molar-refractivity contribution >= 4 is 11.8 Å². The fourth-order valence-corrected chi connectivity index (χ4v) is 3.37. The maximum atomic E-state index is 12.8. The van der Waals surface area contributed by atoms with Crippen molar-refractivity contribution in [3.05, 3.63) is 53.1 Å². The predicted octanol–water partition coefficient (Wildman–Crippen LogP) is 3.49. The molecule has 2 heterocycles. The molecule has 26 heavy (non-hydrogen) atoms. The molecular formula is C16H13F3N6S. The molecule has 0 amide bonds. The van der Waals surface area contributed by atoms with Gasteiger partial charge in [0.05, 0.1) is 22.6 Å². The highest BCUT2D eigenvalue weighted by atomic mass is 32.2. The Hall–Kier alpha value is -2.80. The van der Waals surface area contributed by atoms with Crippen LogP contribution in [0, 0.1) is 18.3 Å². The standard InChI is InChI=1S/C16H13F3N6S/c1-10-12(8-20)13(25(23-10)11-6-4-3-5-7-11)9-26-15-22-21-14(24(15)2)16(17,18)19/h3-7H,9H2,1-2H3. The van der Waals surface area contributed by atoms with E-state index in [1.807, 2.05) is 30.3 Å². The number of thioether (sulfide) groups is 1. The van der Waals surface area contributed by atoms with Crippen LogP contribution in [0.3, 0.4) is 0 Å². The number of benzene rings is 1. The Morgan fingerprint density at radius 1 is 1.19 bits per heavy atom. The van der Waals surface area contributed by atoms with Gasteiger partial charge in [-0.2, -0.15) is 23.5 Å². The molecule has 6 nitrogen and oxygen atoms in total. The molecule has 0 aliphatic rings. The Morgan fingerprint density at radius 3 is 2.46 bits per heavy atom. The number of hydrogen-bond donors (Lipinski definition) is 0. The second-order valence-corrected chi connectivity index (χ2v) is 6.36. The number of para-hydroxylation sites is 1. The van der Waals surface area contributed by atoms with Crippen molar-refractivity contribution in [3.8, 4) is 11.8 Å². The van der Waals surface area contributed by atoms with Crippen molar-refractivity contribution in [1.29, 1.82) is 5.26 Å². The second-order valence-electron chi connectivity index (χ2n) is 5.42. The molecular weight excluding hydrogens is 365 g/mol. The lowest BCUT2D eigenvalue weighted by molar-refractivity contribution is -0.147. The molecule has 0 aliphatic heterocycles. The molecule has 3 aromatic rings. The molecule has 0 N–H and O–H groups in total. The number of nitrogens with zero attached hydrogens (tertiary/aromatic N) is 6. The zero-order chi connectivity index (χ0) is 18.9. The number of aryl methyl sites for hydroxylation is 1. The molecule has 0 fully saturated rings. The smallest absolute Gasteiger partial charge is 0.302 e. The highest BCUT2D eigenvalue weighted by Crippen LogP contribution is 2.31. The fraction of sp³-hybridized carbons (Fsp3) is 0.250. The number of nitriles is 1. The van der Waals surface area contributed by atoms with E-state index in [1.54, 1.807) is 11.6 Å². The highest BCUT2D eigenvalue weighted by Gasteiger charge is 2.37. The van der Waals surface area contributed by atoms with Gasteiger partial charge in [0, 0.05) is 12.8 Å². The van der Waals surface area contributed by atoms with Gasteiger partial charge in [0.15, 0.2) is 5.16 Å². The minimum absolute atomic E-state index is 0.111. The van der Waals surface area contributed by atoms with E-state index in [-0.39, 0.29) is 10.9 Å².